The quantitative estimate of drug-likeness (QED) is 0.678. The summed E-state index contributed by atoms with van der Waals surface area (Å²) in [6, 6.07) is 4.72. The van der Waals surface area contributed by atoms with Crippen LogP contribution in [0.4, 0.5) is 4.39 Å². The molecule has 1 aromatic heterocycles. The molecule has 2 aromatic rings. The second-order valence-corrected chi connectivity index (χ2v) is 9.09. The Kier molecular flexibility index (Phi) is 4.91. The Labute approximate surface area is 174 Å². The number of rotatable bonds is 3. The van der Waals surface area contributed by atoms with Gasteiger partial charge in [0.05, 0.1) is 6.42 Å². The first-order valence-corrected chi connectivity index (χ1v) is 10.5. The van der Waals surface area contributed by atoms with Crippen LogP contribution in [0.15, 0.2) is 18.2 Å². The van der Waals surface area contributed by atoms with Gasteiger partial charge in [0, 0.05) is 54.4 Å². The fraction of sp³-hybridized carbons (Fsp3) is 0.524. The first kappa shape index (κ1) is 19.6. The maximum absolute atomic E-state index is 14.7. The summed E-state index contributed by atoms with van der Waals surface area (Å²) in [5, 5.41) is 0.523. The Hall–Kier alpha value is -1.66. The van der Waals surface area contributed by atoms with Crippen LogP contribution in [0.5, 0.6) is 0 Å². The van der Waals surface area contributed by atoms with Crippen molar-refractivity contribution in [3.63, 3.8) is 0 Å². The number of nitrogens with zero attached hydrogens (tertiary/aromatic N) is 3. The molecule has 1 saturated heterocycles. The van der Waals surface area contributed by atoms with Gasteiger partial charge < -0.3 is 14.0 Å². The number of amides is 1. The van der Waals surface area contributed by atoms with Crippen molar-refractivity contribution in [2.24, 2.45) is 7.05 Å². The highest BCUT2D eigenvalue weighted by Gasteiger charge is 2.46. The first-order valence-electron chi connectivity index (χ1n) is 9.75. The number of benzene rings is 1. The van der Waals surface area contributed by atoms with Crippen LogP contribution in [-0.4, -0.2) is 33.0 Å². The minimum absolute atomic E-state index is 0.00439. The van der Waals surface area contributed by atoms with Gasteiger partial charge in [-0.15, -0.1) is 0 Å². The van der Waals surface area contributed by atoms with E-state index in [0.717, 1.165) is 37.3 Å². The minimum atomic E-state index is -0.475. The number of fused-ring (bicyclic) bond motifs is 1. The predicted octanol–water partition coefficient (Wildman–Crippen LogP) is 4.59. The van der Waals surface area contributed by atoms with Crippen LogP contribution >= 0.6 is 23.8 Å². The summed E-state index contributed by atoms with van der Waals surface area (Å²) in [6.45, 7) is 6.39. The summed E-state index contributed by atoms with van der Waals surface area (Å²) in [4.78, 5) is 14.7. The average molecular weight is 422 g/mol. The van der Waals surface area contributed by atoms with E-state index in [1.54, 1.807) is 12.1 Å². The molecular formula is C21H25ClFN3OS. The van der Waals surface area contributed by atoms with Crippen molar-refractivity contribution in [3.8, 4) is 0 Å². The number of likely N-dealkylation sites (tertiary alicyclic amines) is 1. The zero-order valence-electron chi connectivity index (χ0n) is 16.5. The van der Waals surface area contributed by atoms with Gasteiger partial charge in [-0.25, -0.2) is 4.39 Å². The second-order valence-electron chi connectivity index (χ2n) is 8.29. The van der Waals surface area contributed by atoms with E-state index in [1.165, 1.54) is 6.07 Å². The lowest BCUT2D eigenvalue weighted by molar-refractivity contribution is -0.129. The Bertz CT molecular complexity index is 1010. The Balaban J connectivity index is 1.75. The van der Waals surface area contributed by atoms with Gasteiger partial charge in [-0.2, -0.15) is 0 Å². The molecule has 0 spiro atoms. The van der Waals surface area contributed by atoms with Gasteiger partial charge in [0.25, 0.3) is 0 Å². The van der Waals surface area contributed by atoms with Gasteiger partial charge >= 0.3 is 0 Å². The van der Waals surface area contributed by atoms with E-state index in [0.29, 0.717) is 28.3 Å². The van der Waals surface area contributed by atoms with Crippen molar-refractivity contribution < 1.29 is 9.18 Å². The highest BCUT2D eigenvalue weighted by molar-refractivity contribution is 7.71. The van der Waals surface area contributed by atoms with Crippen molar-refractivity contribution in [3.05, 3.63) is 50.8 Å². The number of halogens is 2. The summed E-state index contributed by atoms with van der Waals surface area (Å²) < 4.78 is 19.4. The Morgan fingerprint density at radius 2 is 2.04 bits per heavy atom. The van der Waals surface area contributed by atoms with Crippen LogP contribution in [-0.2, 0) is 30.2 Å². The van der Waals surface area contributed by atoms with Gasteiger partial charge in [-0.1, -0.05) is 25.4 Å². The Morgan fingerprint density at radius 3 is 2.71 bits per heavy atom. The number of hydrogen-bond acceptors (Lipinski definition) is 2. The lowest BCUT2D eigenvalue weighted by Gasteiger charge is -2.30. The van der Waals surface area contributed by atoms with Gasteiger partial charge in [-0.05, 0) is 48.8 Å². The standard InChI is InChI=1S/C21H25ClFN3OS/c1-13-19-17(11-18(27)25-8-4-5-9-25)24(3)20(28)26(19)12-21(13,2)15-10-14(22)6-7-16(15)23/h6-7,10,13H,4-5,8-9,11-12H2,1-3H3/t13-,21-/m0/s1. The van der Waals surface area contributed by atoms with Crippen molar-refractivity contribution in [1.82, 2.24) is 14.0 Å². The van der Waals surface area contributed by atoms with Crippen molar-refractivity contribution in [2.45, 2.75) is 51.0 Å². The lowest BCUT2D eigenvalue weighted by Crippen LogP contribution is -2.31. The SMILES string of the molecule is C[C@H]1c2c(CC(=O)N3CCCC3)n(C)c(=S)n2C[C@]1(C)c1cc(Cl)ccc1F. The molecule has 0 unspecified atom stereocenters. The topological polar surface area (TPSA) is 30.2 Å². The van der Waals surface area contributed by atoms with E-state index in [-0.39, 0.29) is 17.6 Å². The molecule has 2 atom stereocenters. The fourth-order valence-corrected chi connectivity index (χ4v) is 5.26. The van der Waals surface area contributed by atoms with Gasteiger partial charge in [0.1, 0.15) is 5.82 Å². The fourth-order valence-electron chi connectivity index (χ4n) is 4.82. The molecule has 2 aliphatic heterocycles. The number of carbonyl (C=O) groups is 1. The zero-order chi connectivity index (χ0) is 20.2. The van der Waals surface area contributed by atoms with E-state index in [2.05, 4.69) is 18.4 Å². The van der Waals surface area contributed by atoms with Crippen molar-refractivity contribution in [1.29, 1.82) is 0 Å². The normalized spacial score (nSPS) is 24.0. The average Bonchev–Trinajstić information content (AvgIpc) is 3.34. The molecule has 7 heteroatoms. The third kappa shape index (κ3) is 2.92. The molecule has 4 nitrogen and oxygen atoms in total. The molecule has 1 fully saturated rings. The maximum atomic E-state index is 14.7. The van der Waals surface area contributed by atoms with Crippen LogP contribution in [0, 0.1) is 10.6 Å². The summed E-state index contributed by atoms with van der Waals surface area (Å²) in [6.07, 6.45) is 2.47. The summed E-state index contributed by atoms with van der Waals surface area (Å²) in [7, 11) is 1.92. The van der Waals surface area contributed by atoms with Crippen LogP contribution in [0.1, 0.15) is 49.6 Å². The van der Waals surface area contributed by atoms with Gasteiger partial charge in [-0.3, -0.25) is 4.79 Å². The Morgan fingerprint density at radius 1 is 1.36 bits per heavy atom. The molecule has 1 amide bonds. The number of hydrogen-bond donors (Lipinski definition) is 0. The molecule has 150 valence electrons. The molecule has 0 aliphatic carbocycles. The van der Waals surface area contributed by atoms with E-state index < -0.39 is 5.41 Å². The molecule has 0 saturated carbocycles. The van der Waals surface area contributed by atoms with Crippen LogP contribution in [0.25, 0.3) is 0 Å². The number of aromatic nitrogens is 2. The van der Waals surface area contributed by atoms with Crippen LogP contribution in [0.2, 0.25) is 5.02 Å². The summed E-state index contributed by atoms with van der Waals surface area (Å²) >= 11 is 11.8. The third-order valence-electron chi connectivity index (χ3n) is 6.68. The third-order valence-corrected chi connectivity index (χ3v) is 7.41. The number of imidazole rings is 1. The first-order chi connectivity index (χ1) is 13.2. The monoisotopic (exact) mass is 421 g/mol. The van der Waals surface area contributed by atoms with E-state index in [1.807, 2.05) is 16.5 Å². The highest BCUT2D eigenvalue weighted by atomic mass is 35.5. The second kappa shape index (κ2) is 6.99. The smallest absolute Gasteiger partial charge is 0.228 e. The summed E-state index contributed by atoms with van der Waals surface area (Å²) in [5.74, 6) is -0.106. The molecule has 4 rings (SSSR count). The molecule has 28 heavy (non-hydrogen) atoms. The predicted molar refractivity (Wildman–Crippen MR) is 111 cm³/mol. The van der Waals surface area contributed by atoms with E-state index in [9.17, 15) is 9.18 Å². The van der Waals surface area contributed by atoms with Crippen molar-refractivity contribution in [2.75, 3.05) is 13.1 Å². The number of carbonyl (C=O) groups excluding carboxylic acids is 1. The molecule has 0 bridgehead atoms. The maximum Gasteiger partial charge on any atom is 0.228 e. The molecule has 0 radical (unpaired) electrons. The summed E-state index contributed by atoms with van der Waals surface area (Å²) in [5.41, 5.74) is 2.12. The molecular weight excluding hydrogens is 397 g/mol. The molecule has 1 aromatic carbocycles. The zero-order valence-corrected chi connectivity index (χ0v) is 18.0. The van der Waals surface area contributed by atoms with E-state index >= 15 is 0 Å². The van der Waals surface area contributed by atoms with Gasteiger partial charge in [0.2, 0.25) is 5.91 Å². The molecule has 3 heterocycles. The lowest BCUT2D eigenvalue weighted by atomic mass is 9.73. The highest BCUT2D eigenvalue weighted by Crippen LogP contribution is 2.48. The van der Waals surface area contributed by atoms with Gasteiger partial charge in [0.15, 0.2) is 4.77 Å². The molecule has 2 aliphatic rings. The van der Waals surface area contributed by atoms with Crippen LogP contribution < -0.4 is 0 Å². The van der Waals surface area contributed by atoms with Crippen molar-refractivity contribution >= 4 is 29.7 Å². The largest absolute Gasteiger partial charge is 0.342 e. The molecule has 0 N–H and O–H groups in total. The minimum Gasteiger partial charge on any atom is -0.342 e. The van der Waals surface area contributed by atoms with Crippen LogP contribution in [0.3, 0.4) is 0 Å². The van der Waals surface area contributed by atoms with E-state index in [4.69, 9.17) is 23.8 Å².